The van der Waals surface area contributed by atoms with Crippen molar-refractivity contribution in [2.45, 2.75) is 17.6 Å². The van der Waals surface area contributed by atoms with E-state index < -0.39 is 16.2 Å². The molecule has 3 N–H and O–H groups in total. The van der Waals surface area contributed by atoms with E-state index in [0.717, 1.165) is 5.56 Å². The highest BCUT2D eigenvalue weighted by atomic mass is 32.2. The van der Waals surface area contributed by atoms with E-state index in [1.807, 2.05) is 18.2 Å². The molecule has 3 aromatic carbocycles. The fourth-order valence-corrected chi connectivity index (χ4v) is 4.84. The van der Waals surface area contributed by atoms with Gasteiger partial charge >= 0.3 is 0 Å². The Bertz CT molecular complexity index is 1260. The summed E-state index contributed by atoms with van der Waals surface area (Å²) in [6.07, 6.45) is -0.620. The van der Waals surface area contributed by atoms with Crippen molar-refractivity contribution >= 4 is 21.6 Å². The smallest absolute Gasteiger partial charge is 0.251 e. The number of amides is 1. The Kier molecular flexibility index (Phi) is 4.76. The highest BCUT2D eigenvalue weighted by molar-refractivity contribution is 7.89. The molecule has 8 nitrogen and oxygen atoms in total. The molecule has 0 radical (unpaired) electrons. The number of carbonyl (C=O) groups excluding carboxylic acids is 1. The van der Waals surface area contributed by atoms with Crippen LogP contribution in [0.15, 0.2) is 71.6 Å². The number of fused-ring (bicyclic) bond motifs is 2. The second-order valence-corrected chi connectivity index (χ2v) is 8.87. The monoisotopic (exact) mass is 437 g/mol. The highest BCUT2D eigenvalue weighted by Gasteiger charge is 2.29. The molecule has 2 heterocycles. The van der Waals surface area contributed by atoms with Gasteiger partial charge in [0.25, 0.3) is 5.91 Å². The summed E-state index contributed by atoms with van der Waals surface area (Å²) in [7, 11) is -3.62. The minimum Gasteiger partial charge on any atom is -0.454 e. The molecule has 0 spiro atoms. The number of anilines is 1. The van der Waals surface area contributed by atoms with Gasteiger partial charge in [0.05, 0.1) is 5.69 Å². The third-order valence-corrected chi connectivity index (χ3v) is 6.63. The number of hydrogen-bond acceptors (Lipinski definition) is 6. The predicted octanol–water partition coefficient (Wildman–Crippen LogP) is 2.75. The first-order valence-electron chi connectivity index (χ1n) is 9.64. The molecule has 0 aliphatic carbocycles. The molecule has 31 heavy (non-hydrogen) atoms. The lowest BCUT2D eigenvalue weighted by Gasteiger charge is -2.28. The van der Waals surface area contributed by atoms with Gasteiger partial charge in [0.2, 0.25) is 16.8 Å². The van der Waals surface area contributed by atoms with Gasteiger partial charge in [-0.05, 0) is 47.5 Å². The molecule has 0 saturated heterocycles. The van der Waals surface area contributed by atoms with Crippen LogP contribution >= 0.6 is 0 Å². The number of nitrogens with one attached hydrogen (secondary N) is 3. The first-order valence-corrected chi connectivity index (χ1v) is 11.1. The summed E-state index contributed by atoms with van der Waals surface area (Å²) in [5.74, 6) is 1.13. The third-order valence-electron chi connectivity index (χ3n) is 5.15. The first-order chi connectivity index (χ1) is 15.0. The Balaban J connectivity index is 1.26. The van der Waals surface area contributed by atoms with Crippen molar-refractivity contribution < 1.29 is 22.7 Å². The van der Waals surface area contributed by atoms with Gasteiger partial charge in [0.15, 0.2) is 11.5 Å². The Morgan fingerprint density at radius 3 is 2.61 bits per heavy atom. The topological polar surface area (TPSA) is 106 Å². The Morgan fingerprint density at radius 2 is 1.77 bits per heavy atom. The maximum Gasteiger partial charge on any atom is 0.251 e. The van der Waals surface area contributed by atoms with E-state index in [9.17, 15) is 13.2 Å². The lowest BCUT2D eigenvalue weighted by molar-refractivity contribution is 0.0950. The summed E-state index contributed by atoms with van der Waals surface area (Å²) >= 11 is 0. The largest absolute Gasteiger partial charge is 0.454 e. The van der Waals surface area contributed by atoms with Gasteiger partial charge in [-0.15, -0.1) is 0 Å². The molecule has 2 aliphatic heterocycles. The zero-order chi connectivity index (χ0) is 21.4. The number of para-hydroxylation sites is 1. The van der Waals surface area contributed by atoms with Crippen LogP contribution in [0.1, 0.15) is 27.7 Å². The Labute approximate surface area is 179 Å². The average Bonchev–Trinajstić information content (AvgIpc) is 3.25. The van der Waals surface area contributed by atoms with Crippen LogP contribution in [0.25, 0.3) is 0 Å². The van der Waals surface area contributed by atoms with E-state index >= 15 is 0 Å². The van der Waals surface area contributed by atoms with E-state index in [0.29, 0.717) is 34.9 Å². The van der Waals surface area contributed by atoms with Crippen LogP contribution in [0.4, 0.5) is 5.69 Å². The van der Waals surface area contributed by atoms with E-state index in [4.69, 9.17) is 9.47 Å². The molecule has 0 saturated carbocycles. The maximum absolute atomic E-state index is 12.5. The highest BCUT2D eigenvalue weighted by Crippen LogP contribution is 2.33. The SMILES string of the molecule is O=C(NCc1ccc2c(c1)OCO2)c1ccc([C@H]2Nc3ccccc3S(=O)(=O)N2)cc1. The summed E-state index contributed by atoms with van der Waals surface area (Å²) in [5, 5.41) is 6.04. The summed E-state index contributed by atoms with van der Waals surface area (Å²) in [4.78, 5) is 12.7. The minimum absolute atomic E-state index is 0.203. The number of hydrogen-bond donors (Lipinski definition) is 3. The average molecular weight is 437 g/mol. The van der Waals surface area contributed by atoms with E-state index in [2.05, 4.69) is 15.4 Å². The van der Waals surface area contributed by atoms with Gasteiger partial charge in [0.1, 0.15) is 11.1 Å². The van der Waals surface area contributed by atoms with Crippen LogP contribution in [-0.2, 0) is 16.6 Å². The number of carbonyl (C=O) groups is 1. The second-order valence-electron chi connectivity index (χ2n) is 7.19. The molecule has 158 valence electrons. The number of sulfonamides is 1. The maximum atomic E-state index is 12.5. The van der Waals surface area contributed by atoms with Crippen LogP contribution in [-0.4, -0.2) is 21.1 Å². The lowest BCUT2D eigenvalue weighted by atomic mass is 10.1. The molecular weight excluding hydrogens is 418 g/mol. The van der Waals surface area contributed by atoms with Gasteiger partial charge in [-0.1, -0.05) is 30.3 Å². The van der Waals surface area contributed by atoms with Crippen molar-refractivity contribution in [1.82, 2.24) is 10.0 Å². The second kappa shape index (κ2) is 7.60. The fourth-order valence-electron chi connectivity index (χ4n) is 3.54. The van der Waals surface area contributed by atoms with E-state index in [1.165, 1.54) is 0 Å². The molecule has 9 heteroatoms. The molecule has 0 fully saturated rings. The first kappa shape index (κ1) is 19.4. The Morgan fingerprint density at radius 1 is 1.00 bits per heavy atom. The predicted molar refractivity (Wildman–Crippen MR) is 113 cm³/mol. The van der Waals surface area contributed by atoms with Crippen molar-refractivity contribution in [3.63, 3.8) is 0 Å². The van der Waals surface area contributed by atoms with Crippen molar-refractivity contribution in [3.05, 3.63) is 83.4 Å². The summed E-state index contributed by atoms with van der Waals surface area (Å²) in [6, 6.07) is 19.0. The van der Waals surface area contributed by atoms with Crippen LogP contribution in [0.3, 0.4) is 0 Å². The van der Waals surface area contributed by atoms with Crippen LogP contribution in [0.5, 0.6) is 11.5 Å². The molecular formula is C22H19N3O5S. The van der Waals surface area contributed by atoms with Gasteiger partial charge in [-0.3, -0.25) is 4.79 Å². The zero-order valence-electron chi connectivity index (χ0n) is 16.3. The van der Waals surface area contributed by atoms with Crippen LogP contribution < -0.4 is 24.8 Å². The molecule has 1 atom stereocenters. The molecule has 2 aliphatic rings. The fraction of sp³-hybridized carbons (Fsp3) is 0.136. The summed E-state index contributed by atoms with van der Waals surface area (Å²) in [5.41, 5.74) is 2.61. The Hall–Kier alpha value is -3.56. The normalized spacial score (nSPS) is 18.0. The molecule has 3 aromatic rings. The zero-order valence-corrected chi connectivity index (χ0v) is 17.1. The minimum atomic E-state index is -3.62. The van der Waals surface area contributed by atoms with Crippen molar-refractivity contribution in [1.29, 1.82) is 0 Å². The molecule has 0 aromatic heterocycles. The quantitative estimate of drug-likeness (QED) is 0.580. The molecule has 0 unspecified atom stereocenters. The molecule has 1 amide bonds. The van der Waals surface area contributed by atoms with Gasteiger partial charge in [-0.2, -0.15) is 4.72 Å². The molecule has 5 rings (SSSR count). The van der Waals surface area contributed by atoms with Gasteiger partial charge in [0, 0.05) is 12.1 Å². The number of ether oxygens (including phenoxy) is 2. The standard InChI is InChI=1S/C22H19N3O5S/c26-22(23-12-14-5-10-18-19(11-14)30-13-29-18)16-8-6-15(7-9-16)21-24-17-3-1-2-4-20(17)31(27,28)25-21/h1-11,21,24-25H,12-13H2,(H,23,26)/t21-/m0/s1. The number of rotatable bonds is 4. The van der Waals surface area contributed by atoms with E-state index in [-0.39, 0.29) is 17.6 Å². The van der Waals surface area contributed by atoms with Gasteiger partial charge in [-0.25, -0.2) is 8.42 Å². The van der Waals surface area contributed by atoms with Gasteiger partial charge < -0.3 is 20.1 Å². The van der Waals surface area contributed by atoms with Crippen molar-refractivity contribution in [2.75, 3.05) is 12.1 Å². The third kappa shape index (κ3) is 3.80. The van der Waals surface area contributed by atoms with Crippen LogP contribution in [0, 0.1) is 0 Å². The molecule has 0 bridgehead atoms. The lowest BCUT2D eigenvalue weighted by Crippen LogP contribution is -2.38. The van der Waals surface area contributed by atoms with Crippen molar-refractivity contribution in [3.8, 4) is 11.5 Å². The summed E-state index contributed by atoms with van der Waals surface area (Å²) < 4.78 is 38.2. The summed E-state index contributed by atoms with van der Waals surface area (Å²) in [6.45, 7) is 0.549. The van der Waals surface area contributed by atoms with Crippen molar-refractivity contribution in [2.24, 2.45) is 0 Å². The van der Waals surface area contributed by atoms with Crippen LogP contribution in [0.2, 0.25) is 0 Å². The number of benzene rings is 3. The van der Waals surface area contributed by atoms with E-state index in [1.54, 1.807) is 48.5 Å².